The largest absolute Gasteiger partial charge is 0.478 e. The number of aryl methyl sites for hydroxylation is 1. The molecule has 22 heavy (non-hydrogen) atoms. The Bertz CT molecular complexity index is 906. The van der Waals surface area contributed by atoms with E-state index in [2.05, 4.69) is 0 Å². The third-order valence-electron chi connectivity index (χ3n) is 3.79. The van der Waals surface area contributed by atoms with Gasteiger partial charge in [-0.1, -0.05) is 35.9 Å². The lowest BCUT2D eigenvalue weighted by atomic mass is 10.1. The molecule has 1 heterocycles. The summed E-state index contributed by atoms with van der Waals surface area (Å²) in [5.41, 5.74) is 2.76. The van der Waals surface area contributed by atoms with Crippen molar-refractivity contribution >= 4 is 22.8 Å². The molecular weight excluding hydrogens is 278 g/mol. The van der Waals surface area contributed by atoms with Gasteiger partial charge in [0.05, 0.1) is 11.1 Å². The molecule has 0 aliphatic carbocycles. The van der Waals surface area contributed by atoms with Crippen molar-refractivity contribution in [1.82, 2.24) is 4.57 Å². The highest BCUT2D eigenvalue weighted by Gasteiger charge is 2.23. The molecule has 1 aromatic heterocycles. The molecule has 0 bridgehead atoms. The number of benzene rings is 2. The Morgan fingerprint density at radius 2 is 1.73 bits per heavy atom. The Kier molecular flexibility index (Phi) is 3.29. The van der Waals surface area contributed by atoms with Crippen LogP contribution in [0.1, 0.15) is 32.0 Å². The van der Waals surface area contributed by atoms with E-state index in [4.69, 9.17) is 0 Å². The number of fused-ring (bicyclic) bond motifs is 1. The fraction of sp³-hybridized carbons (Fsp3) is 0.111. The van der Waals surface area contributed by atoms with Gasteiger partial charge in [0.15, 0.2) is 0 Å². The number of para-hydroxylation sites is 1. The summed E-state index contributed by atoms with van der Waals surface area (Å²) < 4.78 is 1.48. The van der Waals surface area contributed by atoms with Gasteiger partial charge < -0.3 is 5.11 Å². The summed E-state index contributed by atoms with van der Waals surface area (Å²) in [6.45, 7) is 3.58. The number of rotatable bonds is 2. The minimum absolute atomic E-state index is 0.177. The van der Waals surface area contributed by atoms with Crippen LogP contribution in [0.5, 0.6) is 0 Å². The van der Waals surface area contributed by atoms with Gasteiger partial charge in [-0.25, -0.2) is 4.79 Å². The maximum atomic E-state index is 12.8. The number of aromatic carboxylic acids is 1. The van der Waals surface area contributed by atoms with Gasteiger partial charge in [0.1, 0.15) is 0 Å². The van der Waals surface area contributed by atoms with Gasteiger partial charge in [-0.2, -0.15) is 0 Å². The highest BCUT2D eigenvalue weighted by Crippen LogP contribution is 2.26. The van der Waals surface area contributed by atoms with E-state index in [0.29, 0.717) is 22.2 Å². The molecule has 0 spiro atoms. The van der Waals surface area contributed by atoms with Crippen LogP contribution in [-0.4, -0.2) is 21.6 Å². The third kappa shape index (κ3) is 2.09. The van der Waals surface area contributed by atoms with Gasteiger partial charge in [-0.15, -0.1) is 0 Å². The molecule has 4 heteroatoms. The first-order chi connectivity index (χ1) is 10.5. The van der Waals surface area contributed by atoms with E-state index in [1.807, 2.05) is 19.1 Å². The van der Waals surface area contributed by atoms with Crippen LogP contribution in [0.15, 0.2) is 48.5 Å². The predicted molar refractivity (Wildman–Crippen MR) is 84.5 cm³/mol. The van der Waals surface area contributed by atoms with Crippen molar-refractivity contribution in [3.8, 4) is 0 Å². The van der Waals surface area contributed by atoms with E-state index in [1.54, 1.807) is 43.3 Å². The van der Waals surface area contributed by atoms with Crippen LogP contribution in [0.25, 0.3) is 10.9 Å². The van der Waals surface area contributed by atoms with Gasteiger partial charge in [0.25, 0.3) is 5.91 Å². The lowest BCUT2D eigenvalue weighted by Crippen LogP contribution is -2.14. The Morgan fingerprint density at radius 1 is 1.00 bits per heavy atom. The maximum absolute atomic E-state index is 12.8. The van der Waals surface area contributed by atoms with Crippen molar-refractivity contribution in [1.29, 1.82) is 0 Å². The average Bonchev–Trinajstić information content (AvgIpc) is 2.78. The first kappa shape index (κ1) is 14.1. The second-order valence-electron chi connectivity index (χ2n) is 5.29. The van der Waals surface area contributed by atoms with Crippen LogP contribution in [0, 0.1) is 13.8 Å². The summed E-state index contributed by atoms with van der Waals surface area (Å²) >= 11 is 0. The standard InChI is InChI=1S/C18H15NO3/c1-11-6-5-7-13(10-11)17(20)19-12(2)16(18(21)22)14-8-3-4-9-15(14)19/h3-10H,1-2H3,(H,21,22). The lowest BCUT2D eigenvalue weighted by Gasteiger charge is -2.07. The molecular formula is C18H15NO3. The van der Waals surface area contributed by atoms with Crippen molar-refractivity contribution in [2.45, 2.75) is 13.8 Å². The van der Waals surface area contributed by atoms with Crippen LogP contribution in [0.3, 0.4) is 0 Å². The molecule has 4 nitrogen and oxygen atoms in total. The van der Waals surface area contributed by atoms with Crippen LogP contribution in [0.4, 0.5) is 0 Å². The topological polar surface area (TPSA) is 59.3 Å². The van der Waals surface area contributed by atoms with E-state index in [1.165, 1.54) is 4.57 Å². The number of hydrogen-bond donors (Lipinski definition) is 1. The fourth-order valence-corrected chi connectivity index (χ4v) is 2.81. The van der Waals surface area contributed by atoms with Crippen LogP contribution in [-0.2, 0) is 0 Å². The second kappa shape index (κ2) is 5.15. The number of aromatic nitrogens is 1. The van der Waals surface area contributed by atoms with Crippen molar-refractivity contribution in [2.24, 2.45) is 0 Å². The molecule has 0 saturated heterocycles. The molecule has 0 aliphatic heterocycles. The van der Waals surface area contributed by atoms with Gasteiger partial charge in [0, 0.05) is 16.6 Å². The zero-order valence-corrected chi connectivity index (χ0v) is 12.3. The van der Waals surface area contributed by atoms with Crippen molar-refractivity contribution < 1.29 is 14.7 Å². The molecule has 110 valence electrons. The van der Waals surface area contributed by atoms with E-state index >= 15 is 0 Å². The molecule has 0 fully saturated rings. The Labute approximate surface area is 127 Å². The Hall–Kier alpha value is -2.88. The van der Waals surface area contributed by atoms with Crippen LogP contribution < -0.4 is 0 Å². The summed E-state index contributed by atoms with van der Waals surface area (Å²) in [6.07, 6.45) is 0. The number of carboxylic acids is 1. The number of carbonyl (C=O) groups excluding carboxylic acids is 1. The molecule has 3 rings (SSSR count). The predicted octanol–water partition coefficient (Wildman–Crippen LogP) is 3.64. The monoisotopic (exact) mass is 293 g/mol. The fourth-order valence-electron chi connectivity index (χ4n) is 2.81. The summed E-state index contributed by atoms with van der Waals surface area (Å²) in [4.78, 5) is 24.4. The van der Waals surface area contributed by atoms with Gasteiger partial charge >= 0.3 is 5.97 Å². The summed E-state index contributed by atoms with van der Waals surface area (Å²) in [5, 5.41) is 10.0. The summed E-state index contributed by atoms with van der Waals surface area (Å²) in [7, 11) is 0. The van der Waals surface area contributed by atoms with Crippen LogP contribution >= 0.6 is 0 Å². The summed E-state index contributed by atoms with van der Waals surface area (Å²) in [5.74, 6) is -1.24. The molecule has 0 amide bonds. The number of carbonyl (C=O) groups is 2. The normalized spacial score (nSPS) is 10.8. The zero-order chi connectivity index (χ0) is 15.9. The van der Waals surface area contributed by atoms with Crippen molar-refractivity contribution in [2.75, 3.05) is 0 Å². The van der Waals surface area contributed by atoms with Gasteiger partial charge in [-0.05, 0) is 32.0 Å². The number of carboxylic acid groups (broad SMARTS) is 1. The van der Waals surface area contributed by atoms with E-state index in [9.17, 15) is 14.7 Å². The highest BCUT2D eigenvalue weighted by molar-refractivity contribution is 6.11. The van der Waals surface area contributed by atoms with Gasteiger partial charge in [0.2, 0.25) is 0 Å². The van der Waals surface area contributed by atoms with E-state index < -0.39 is 5.97 Å². The first-order valence-electron chi connectivity index (χ1n) is 6.95. The zero-order valence-electron chi connectivity index (χ0n) is 12.3. The number of hydrogen-bond acceptors (Lipinski definition) is 2. The van der Waals surface area contributed by atoms with E-state index in [-0.39, 0.29) is 11.5 Å². The minimum Gasteiger partial charge on any atom is -0.478 e. The maximum Gasteiger partial charge on any atom is 0.338 e. The SMILES string of the molecule is Cc1cccc(C(=O)n2c(C)c(C(=O)O)c3ccccc32)c1. The molecule has 0 unspecified atom stereocenters. The average molecular weight is 293 g/mol. The van der Waals surface area contributed by atoms with Crippen LogP contribution in [0.2, 0.25) is 0 Å². The molecule has 0 aliphatic rings. The lowest BCUT2D eigenvalue weighted by molar-refractivity contribution is 0.0698. The van der Waals surface area contributed by atoms with Crippen molar-refractivity contribution in [3.63, 3.8) is 0 Å². The molecule has 2 aromatic carbocycles. The first-order valence-corrected chi connectivity index (χ1v) is 6.95. The third-order valence-corrected chi connectivity index (χ3v) is 3.79. The Balaban J connectivity index is 2.29. The second-order valence-corrected chi connectivity index (χ2v) is 5.29. The highest BCUT2D eigenvalue weighted by atomic mass is 16.4. The quantitative estimate of drug-likeness (QED) is 0.784. The smallest absolute Gasteiger partial charge is 0.338 e. The van der Waals surface area contributed by atoms with Crippen molar-refractivity contribution in [3.05, 3.63) is 70.9 Å². The van der Waals surface area contributed by atoms with Gasteiger partial charge in [-0.3, -0.25) is 9.36 Å². The van der Waals surface area contributed by atoms with E-state index in [0.717, 1.165) is 5.56 Å². The molecule has 3 aromatic rings. The molecule has 1 N–H and O–H groups in total. The Morgan fingerprint density at radius 3 is 2.41 bits per heavy atom. The summed E-state index contributed by atoms with van der Waals surface area (Å²) in [6, 6.07) is 14.3. The molecule has 0 atom stereocenters. The number of nitrogens with zero attached hydrogens (tertiary/aromatic N) is 1. The molecule has 0 radical (unpaired) electrons. The minimum atomic E-state index is -1.02. The molecule has 0 saturated carbocycles.